The van der Waals surface area contributed by atoms with Crippen LogP contribution < -0.4 is 16.2 Å². The van der Waals surface area contributed by atoms with E-state index in [2.05, 4.69) is 27.2 Å². The molecule has 0 unspecified atom stereocenters. The Morgan fingerprint density at radius 1 is 1.24 bits per heavy atom. The summed E-state index contributed by atoms with van der Waals surface area (Å²) >= 11 is 0. The maximum Gasteiger partial charge on any atom is 0.433 e. The quantitative estimate of drug-likeness (QED) is 0.646. The van der Waals surface area contributed by atoms with E-state index >= 15 is 0 Å². The minimum absolute atomic E-state index is 0.226. The van der Waals surface area contributed by atoms with Crippen LogP contribution in [-0.4, -0.2) is 47.6 Å². The van der Waals surface area contributed by atoms with Crippen LogP contribution in [0.5, 0.6) is 0 Å². The SMILES string of the molecule is CCCN1CCN(c2cc(C(F)(F)F)nc(NN)n2)CC1. The van der Waals surface area contributed by atoms with E-state index in [1.165, 1.54) is 0 Å². The van der Waals surface area contributed by atoms with Gasteiger partial charge in [-0.25, -0.2) is 10.8 Å². The van der Waals surface area contributed by atoms with E-state index in [1.807, 2.05) is 4.90 Å². The first kappa shape index (κ1) is 15.8. The highest BCUT2D eigenvalue weighted by atomic mass is 19.4. The zero-order valence-corrected chi connectivity index (χ0v) is 11.8. The van der Waals surface area contributed by atoms with Crippen molar-refractivity contribution in [2.24, 2.45) is 5.84 Å². The van der Waals surface area contributed by atoms with Gasteiger partial charge in [0, 0.05) is 32.2 Å². The summed E-state index contributed by atoms with van der Waals surface area (Å²) in [6.45, 7) is 6.00. The third kappa shape index (κ3) is 3.94. The van der Waals surface area contributed by atoms with Crippen LogP contribution in [-0.2, 0) is 6.18 Å². The monoisotopic (exact) mass is 304 g/mol. The molecule has 1 aliphatic heterocycles. The summed E-state index contributed by atoms with van der Waals surface area (Å²) in [4.78, 5) is 11.5. The first-order chi connectivity index (χ1) is 9.94. The fourth-order valence-electron chi connectivity index (χ4n) is 2.32. The number of rotatable bonds is 4. The number of hydrogen-bond acceptors (Lipinski definition) is 6. The Balaban J connectivity index is 2.16. The summed E-state index contributed by atoms with van der Waals surface area (Å²) < 4.78 is 38.5. The minimum Gasteiger partial charge on any atom is -0.354 e. The highest BCUT2D eigenvalue weighted by Gasteiger charge is 2.34. The molecule has 21 heavy (non-hydrogen) atoms. The lowest BCUT2D eigenvalue weighted by Gasteiger charge is -2.35. The first-order valence-electron chi connectivity index (χ1n) is 6.84. The number of aromatic nitrogens is 2. The number of hydrogen-bond donors (Lipinski definition) is 2. The van der Waals surface area contributed by atoms with E-state index in [9.17, 15) is 13.2 Å². The average Bonchev–Trinajstić information content (AvgIpc) is 2.47. The highest BCUT2D eigenvalue weighted by Crippen LogP contribution is 2.30. The number of alkyl halides is 3. The van der Waals surface area contributed by atoms with Crippen molar-refractivity contribution in [3.05, 3.63) is 11.8 Å². The van der Waals surface area contributed by atoms with Gasteiger partial charge in [-0.2, -0.15) is 18.2 Å². The Morgan fingerprint density at radius 2 is 1.90 bits per heavy atom. The van der Waals surface area contributed by atoms with Gasteiger partial charge >= 0.3 is 6.18 Å². The number of nitrogen functional groups attached to an aromatic ring is 1. The largest absolute Gasteiger partial charge is 0.433 e. The van der Waals surface area contributed by atoms with Crippen molar-refractivity contribution in [1.82, 2.24) is 14.9 Å². The number of hydrazine groups is 1. The third-order valence-electron chi connectivity index (χ3n) is 3.37. The molecule has 0 aromatic carbocycles. The summed E-state index contributed by atoms with van der Waals surface area (Å²) in [7, 11) is 0. The molecule has 0 spiro atoms. The minimum atomic E-state index is -4.52. The fourth-order valence-corrected chi connectivity index (χ4v) is 2.32. The van der Waals surface area contributed by atoms with Gasteiger partial charge in [0.1, 0.15) is 5.82 Å². The molecule has 2 rings (SSSR count). The van der Waals surface area contributed by atoms with Crippen LogP contribution >= 0.6 is 0 Å². The lowest BCUT2D eigenvalue weighted by atomic mass is 10.2. The van der Waals surface area contributed by atoms with Crippen LogP contribution in [0.15, 0.2) is 6.07 Å². The Labute approximate surface area is 121 Å². The molecule has 0 aliphatic carbocycles. The average molecular weight is 304 g/mol. The molecule has 1 aliphatic rings. The molecule has 0 atom stereocenters. The Kier molecular flexibility index (Phi) is 4.84. The summed E-state index contributed by atoms with van der Waals surface area (Å²) in [6.07, 6.45) is -3.46. The molecule has 2 heterocycles. The predicted molar refractivity (Wildman–Crippen MR) is 73.8 cm³/mol. The van der Waals surface area contributed by atoms with Gasteiger partial charge in [-0.3, -0.25) is 10.3 Å². The van der Waals surface area contributed by atoms with E-state index in [0.29, 0.717) is 13.1 Å². The summed E-state index contributed by atoms with van der Waals surface area (Å²) in [6, 6.07) is 0.969. The smallest absolute Gasteiger partial charge is 0.354 e. The van der Waals surface area contributed by atoms with E-state index < -0.39 is 11.9 Å². The number of piperazine rings is 1. The van der Waals surface area contributed by atoms with Crippen LogP contribution in [0.25, 0.3) is 0 Å². The van der Waals surface area contributed by atoms with Crippen LogP contribution in [0.1, 0.15) is 19.0 Å². The zero-order valence-electron chi connectivity index (χ0n) is 11.8. The van der Waals surface area contributed by atoms with Crippen molar-refractivity contribution < 1.29 is 13.2 Å². The molecular formula is C12H19F3N6. The summed E-state index contributed by atoms with van der Waals surface area (Å²) in [5.74, 6) is 5.18. The summed E-state index contributed by atoms with van der Waals surface area (Å²) in [5, 5.41) is 0. The molecule has 118 valence electrons. The van der Waals surface area contributed by atoms with Crippen LogP contribution in [0.4, 0.5) is 24.9 Å². The van der Waals surface area contributed by atoms with Crippen molar-refractivity contribution in [3.8, 4) is 0 Å². The molecule has 0 radical (unpaired) electrons. The zero-order chi connectivity index (χ0) is 15.5. The first-order valence-corrected chi connectivity index (χ1v) is 6.84. The van der Waals surface area contributed by atoms with Crippen molar-refractivity contribution in [2.75, 3.05) is 43.0 Å². The van der Waals surface area contributed by atoms with Crippen LogP contribution in [0, 0.1) is 0 Å². The highest BCUT2D eigenvalue weighted by molar-refractivity contribution is 5.45. The van der Waals surface area contributed by atoms with Gasteiger partial charge in [-0.15, -0.1) is 0 Å². The number of anilines is 2. The van der Waals surface area contributed by atoms with Crippen molar-refractivity contribution >= 4 is 11.8 Å². The predicted octanol–water partition coefficient (Wildman–Crippen LogP) is 1.31. The van der Waals surface area contributed by atoms with E-state index in [1.54, 1.807) is 0 Å². The van der Waals surface area contributed by atoms with Crippen LogP contribution in [0.2, 0.25) is 0 Å². The van der Waals surface area contributed by atoms with E-state index in [4.69, 9.17) is 5.84 Å². The van der Waals surface area contributed by atoms with Gasteiger partial charge < -0.3 is 4.90 Å². The molecule has 1 aromatic rings. The van der Waals surface area contributed by atoms with Crippen molar-refractivity contribution in [3.63, 3.8) is 0 Å². The second-order valence-corrected chi connectivity index (χ2v) is 4.91. The molecule has 3 N–H and O–H groups in total. The van der Waals surface area contributed by atoms with E-state index in [0.717, 1.165) is 32.1 Å². The molecule has 9 heteroatoms. The standard InChI is InChI=1S/C12H19F3N6/c1-2-3-20-4-6-21(7-5-20)10-8-9(12(13,14)15)17-11(18-10)19-16/h8H,2-7,16H2,1H3,(H,17,18,19). The fraction of sp³-hybridized carbons (Fsp3) is 0.667. The van der Waals surface area contributed by atoms with Gasteiger partial charge in [0.15, 0.2) is 5.69 Å². The van der Waals surface area contributed by atoms with Crippen molar-refractivity contribution in [2.45, 2.75) is 19.5 Å². The van der Waals surface area contributed by atoms with Crippen LogP contribution in [0.3, 0.4) is 0 Å². The number of nitrogens with one attached hydrogen (secondary N) is 1. The molecular weight excluding hydrogens is 285 g/mol. The topological polar surface area (TPSA) is 70.3 Å². The van der Waals surface area contributed by atoms with Gasteiger partial charge in [0.25, 0.3) is 0 Å². The van der Waals surface area contributed by atoms with Gasteiger partial charge in [0.2, 0.25) is 5.95 Å². The number of halogens is 3. The second kappa shape index (κ2) is 6.44. The maximum atomic E-state index is 12.8. The Hall–Kier alpha value is -1.61. The van der Waals surface area contributed by atoms with Gasteiger partial charge in [-0.05, 0) is 13.0 Å². The number of nitrogens with zero attached hydrogens (tertiary/aromatic N) is 4. The molecule has 6 nitrogen and oxygen atoms in total. The Bertz CT molecular complexity index is 471. The third-order valence-corrected chi connectivity index (χ3v) is 3.37. The lowest BCUT2D eigenvalue weighted by Crippen LogP contribution is -2.47. The molecule has 1 fully saturated rings. The molecule has 0 bridgehead atoms. The Morgan fingerprint density at radius 3 is 2.43 bits per heavy atom. The maximum absolute atomic E-state index is 12.8. The molecule has 1 saturated heterocycles. The van der Waals surface area contributed by atoms with Crippen molar-refractivity contribution in [1.29, 1.82) is 0 Å². The molecule has 1 aromatic heterocycles. The molecule has 0 saturated carbocycles. The normalized spacial score (nSPS) is 17.1. The summed E-state index contributed by atoms with van der Waals surface area (Å²) in [5.41, 5.74) is 1.10. The van der Waals surface area contributed by atoms with E-state index in [-0.39, 0.29) is 11.8 Å². The van der Waals surface area contributed by atoms with Gasteiger partial charge in [-0.1, -0.05) is 6.92 Å². The second-order valence-electron chi connectivity index (χ2n) is 4.91. The van der Waals surface area contributed by atoms with Gasteiger partial charge in [0.05, 0.1) is 0 Å². The number of nitrogens with two attached hydrogens (primary N) is 1. The molecule has 0 amide bonds. The lowest BCUT2D eigenvalue weighted by molar-refractivity contribution is -0.141.